The van der Waals surface area contributed by atoms with E-state index in [0.29, 0.717) is 35.7 Å². The van der Waals surface area contributed by atoms with Crippen LogP contribution in [-0.4, -0.2) is 33.4 Å². The summed E-state index contributed by atoms with van der Waals surface area (Å²) in [7, 11) is 0. The fourth-order valence-electron chi connectivity index (χ4n) is 5.03. The summed E-state index contributed by atoms with van der Waals surface area (Å²) in [6.45, 7) is 6.58. The molecule has 208 valence electrons. The Morgan fingerprint density at radius 3 is 2.27 bits per heavy atom. The lowest BCUT2D eigenvalue weighted by molar-refractivity contribution is -0.127. The second kappa shape index (κ2) is 12.5. The van der Waals surface area contributed by atoms with E-state index in [-0.39, 0.29) is 18.4 Å². The summed E-state index contributed by atoms with van der Waals surface area (Å²) in [5.41, 5.74) is 5.53. The zero-order chi connectivity index (χ0) is 28.8. The molecule has 0 aliphatic heterocycles. The van der Waals surface area contributed by atoms with Crippen molar-refractivity contribution in [2.24, 2.45) is 0 Å². The van der Waals surface area contributed by atoms with E-state index in [0.717, 1.165) is 22.2 Å². The number of hydrogen-bond donors (Lipinski definition) is 1. The molecule has 0 unspecified atom stereocenters. The van der Waals surface area contributed by atoms with Gasteiger partial charge in [-0.2, -0.15) is 0 Å². The van der Waals surface area contributed by atoms with Crippen molar-refractivity contribution in [2.75, 3.05) is 11.5 Å². The van der Waals surface area contributed by atoms with Crippen LogP contribution in [0.1, 0.15) is 35.2 Å². The lowest BCUT2D eigenvalue weighted by Crippen LogP contribution is -2.45. The predicted molar refractivity (Wildman–Crippen MR) is 160 cm³/mol. The Morgan fingerprint density at radius 2 is 1.56 bits per heavy atom. The number of benzene rings is 4. The van der Waals surface area contributed by atoms with Crippen LogP contribution in [0.5, 0.6) is 5.75 Å². The SMILES string of the molecule is CCOc1ccc([C@H](C(=O)NCc2ccccc2)N(C(=O)Cn2nnc3ccccc32)c2c(C)cccc2C)cc1. The highest BCUT2D eigenvalue weighted by Crippen LogP contribution is 2.34. The molecule has 0 spiro atoms. The fourth-order valence-corrected chi connectivity index (χ4v) is 5.03. The van der Waals surface area contributed by atoms with Gasteiger partial charge in [0.1, 0.15) is 23.9 Å². The summed E-state index contributed by atoms with van der Waals surface area (Å²) >= 11 is 0. The van der Waals surface area contributed by atoms with Gasteiger partial charge in [0, 0.05) is 6.54 Å². The lowest BCUT2D eigenvalue weighted by Gasteiger charge is -2.33. The highest BCUT2D eigenvalue weighted by molar-refractivity contribution is 6.02. The van der Waals surface area contributed by atoms with Gasteiger partial charge in [0.05, 0.1) is 17.8 Å². The van der Waals surface area contributed by atoms with E-state index in [4.69, 9.17) is 4.74 Å². The molecule has 1 atom stereocenters. The highest BCUT2D eigenvalue weighted by Gasteiger charge is 2.35. The molecule has 1 N–H and O–H groups in total. The van der Waals surface area contributed by atoms with Crippen molar-refractivity contribution >= 4 is 28.5 Å². The van der Waals surface area contributed by atoms with E-state index in [9.17, 15) is 9.59 Å². The molecule has 0 saturated heterocycles. The summed E-state index contributed by atoms with van der Waals surface area (Å²) in [6, 6.07) is 29.4. The number of para-hydroxylation sites is 2. The normalized spacial score (nSPS) is 11.7. The van der Waals surface area contributed by atoms with Crippen LogP contribution in [0.15, 0.2) is 97.1 Å². The number of amides is 2. The molecule has 5 aromatic rings. The zero-order valence-electron chi connectivity index (χ0n) is 23.4. The Morgan fingerprint density at radius 1 is 0.878 bits per heavy atom. The summed E-state index contributed by atoms with van der Waals surface area (Å²) in [5, 5.41) is 11.5. The third-order valence-electron chi connectivity index (χ3n) is 6.98. The van der Waals surface area contributed by atoms with Gasteiger partial charge >= 0.3 is 0 Å². The van der Waals surface area contributed by atoms with Gasteiger partial charge in [-0.1, -0.05) is 78.0 Å². The molecule has 0 aliphatic carbocycles. The number of ether oxygens (including phenoxy) is 1. The maximum absolute atomic E-state index is 14.4. The quantitative estimate of drug-likeness (QED) is 0.248. The molecular formula is C33H33N5O3. The van der Waals surface area contributed by atoms with Gasteiger partial charge < -0.3 is 10.1 Å². The Bertz CT molecular complexity index is 1630. The molecule has 2 amide bonds. The number of aromatic nitrogens is 3. The van der Waals surface area contributed by atoms with Gasteiger partial charge in [-0.15, -0.1) is 5.10 Å². The van der Waals surface area contributed by atoms with Crippen LogP contribution in [0.4, 0.5) is 5.69 Å². The van der Waals surface area contributed by atoms with Crippen molar-refractivity contribution in [1.29, 1.82) is 0 Å². The Hall–Kier alpha value is -4.98. The van der Waals surface area contributed by atoms with Crippen LogP contribution in [0.25, 0.3) is 11.0 Å². The average molecular weight is 548 g/mol. The smallest absolute Gasteiger partial charge is 0.249 e. The van der Waals surface area contributed by atoms with E-state index in [1.54, 1.807) is 9.58 Å². The first-order valence-corrected chi connectivity index (χ1v) is 13.7. The summed E-state index contributed by atoms with van der Waals surface area (Å²) in [5.74, 6) is 0.114. The second-order valence-corrected chi connectivity index (χ2v) is 9.85. The fraction of sp³-hybridized carbons (Fsp3) is 0.212. The number of carbonyl (C=O) groups is 2. The second-order valence-electron chi connectivity index (χ2n) is 9.85. The number of carbonyl (C=O) groups excluding carboxylic acids is 2. The molecule has 8 heteroatoms. The topological polar surface area (TPSA) is 89.4 Å². The number of fused-ring (bicyclic) bond motifs is 1. The van der Waals surface area contributed by atoms with E-state index < -0.39 is 6.04 Å². The van der Waals surface area contributed by atoms with Gasteiger partial charge in [0.2, 0.25) is 11.8 Å². The van der Waals surface area contributed by atoms with Crippen LogP contribution in [-0.2, 0) is 22.7 Å². The molecule has 0 bridgehead atoms. The minimum absolute atomic E-state index is 0.0895. The average Bonchev–Trinajstić information content (AvgIpc) is 3.39. The zero-order valence-corrected chi connectivity index (χ0v) is 23.4. The van der Waals surface area contributed by atoms with Crippen LogP contribution >= 0.6 is 0 Å². The molecule has 0 radical (unpaired) electrons. The molecule has 5 rings (SSSR count). The monoisotopic (exact) mass is 547 g/mol. The Balaban J connectivity index is 1.59. The van der Waals surface area contributed by atoms with Gasteiger partial charge in [0.15, 0.2) is 0 Å². The van der Waals surface area contributed by atoms with Crippen molar-refractivity contribution in [3.8, 4) is 5.75 Å². The van der Waals surface area contributed by atoms with Crippen molar-refractivity contribution in [2.45, 2.75) is 39.9 Å². The van der Waals surface area contributed by atoms with Crippen molar-refractivity contribution in [3.63, 3.8) is 0 Å². The summed E-state index contributed by atoms with van der Waals surface area (Å²) in [6.07, 6.45) is 0. The molecule has 41 heavy (non-hydrogen) atoms. The molecule has 0 fully saturated rings. The number of nitrogens with zero attached hydrogens (tertiary/aromatic N) is 4. The highest BCUT2D eigenvalue weighted by atomic mass is 16.5. The predicted octanol–water partition coefficient (Wildman–Crippen LogP) is 5.54. The molecule has 1 heterocycles. The number of hydrogen-bond acceptors (Lipinski definition) is 5. The number of nitrogens with one attached hydrogen (secondary N) is 1. The Kier molecular flexibility index (Phi) is 8.39. The van der Waals surface area contributed by atoms with E-state index in [1.807, 2.05) is 118 Å². The third kappa shape index (κ3) is 6.11. The van der Waals surface area contributed by atoms with Gasteiger partial charge in [-0.05, 0) is 67.3 Å². The van der Waals surface area contributed by atoms with Gasteiger partial charge in [-0.3, -0.25) is 14.5 Å². The van der Waals surface area contributed by atoms with Crippen LogP contribution in [0.3, 0.4) is 0 Å². The van der Waals surface area contributed by atoms with E-state index in [1.165, 1.54) is 0 Å². The third-order valence-corrected chi connectivity index (χ3v) is 6.98. The molecule has 0 aliphatic rings. The number of anilines is 1. The first-order chi connectivity index (χ1) is 20.0. The van der Waals surface area contributed by atoms with Gasteiger partial charge in [0.25, 0.3) is 0 Å². The number of aryl methyl sites for hydroxylation is 2. The van der Waals surface area contributed by atoms with Crippen LogP contribution < -0.4 is 15.0 Å². The first kappa shape index (κ1) is 27.6. The van der Waals surface area contributed by atoms with Crippen molar-refractivity contribution in [3.05, 3.63) is 119 Å². The molecule has 4 aromatic carbocycles. The number of rotatable bonds is 10. The van der Waals surface area contributed by atoms with Gasteiger partial charge in [-0.25, -0.2) is 4.68 Å². The lowest BCUT2D eigenvalue weighted by atomic mass is 9.99. The minimum atomic E-state index is -0.948. The maximum Gasteiger partial charge on any atom is 0.249 e. The molecule has 8 nitrogen and oxygen atoms in total. The minimum Gasteiger partial charge on any atom is -0.494 e. The molecular weight excluding hydrogens is 514 g/mol. The maximum atomic E-state index is 14.4. The van der Waals surface area contributed by atoms with Crippen molar-refractivity contribution < 1.29 is 14.3 Å². The largest absolute Gasteiger partial charge is 0.494 e. The van der Waals surface area contributed by atoms with Crippen LogP contribution in [0.2, 0.25) is 0 Å². The van der Waals surface area contributed by atoms with Crippen LogP contribution in [0, 0.1) is 13.8 Å². The molecule has 1 aromatic heterocycles. The van der Waals surface area contributed by atoms with E-state index in [2.05, 4.69) is 15.6 Å². The summed E-state index contributed by atoms with van der Waals surface area (Å²) in [4.78, 5) is 30.1. The Labute approximate surface area is 239 Å². The van der Waals surface area contributed by atoms with E-state index >= 15 is 0 Å². The molecule has 0 saturated carbocycles. The standard InChI is InChI=1S/C33H33N5O3/c1-4-41-27-19-17-26(18-20-27)32(33(40)34-21-25-13-6-5-7-14-25)38(31-23(2)11-10-12-24(31)3)30(39)22-37-29-16-9-8-15-28(29)35-36-37/h5-20,32H,4,21-22H2,1-3H3,(H,34,40)/t32-/m1/s1. The first-order valence-electron chi connectivity index (χ1n) is 13.7. The van der Waals surface area contributed by atoms with Crippen molar-refractivity contribution in [1.82, 2.24) is 20.3 Å². The summed E-state index contributed by atoms with van der Waals surface area (Å²) < 4.78 is 7.23.